The van der Waals surface area contributed by atoms with Gasteiger partial charge in [-0.05, 0) is 39.8 Å². The number of esters is 2. The second kappa shape index (κ2) is 11.2. The molecule has 0 saturated carbocycles. The highest BCUT2D eigenvalue weighted by Crippen LogP contribution is 2.08. The second-order valence-corrected chi connectivity index (χ2v) is 7.72. The summed E-state index contributed by atoms with van der Waals surface area (Å²) in [6.07, 6.45) is -6.01. The van der Waals surface area contributed by atoms with Crippen molar-refractivity contribution >= 4 is 11.9 Å². The number of nitrogens with two attached hydrogens (primary N) is 2. The van der Waals surface area contributed by atoms with Crippen LogP contribution in [-0.4, -0.2) is 66.4 Å². The van der Waals surface area contributed by atoms with Crippen LogP contribution in [-0.2, 0) is 32.2 Å². The van der Waals surface area contributed by atoms with Gasteiger partial charge in [-0.3, -0.25) is 20.8 Å². The fourth-order valence-electron chi connectivity index (χ4n) is 3.12. The fourth-order valence-corrected chi connectivity index (χ4v) is 3.12. The van der Waals surface area contributed by atoms with Gasteiger partial charge in [-0.2, -0.15) is 10.2 Å². The van der Waals surface area contributed by atoms with Crippen molar-refractivity contribution in [3.05, 3.63) is 34.9 Å². The minimum atomic E-state index is -2.16. The van der Waals surface area contributed by atoms with Crippen LogP contribution in [0.25, 0.3) is 0 Å². The molecule has 12 nitrogen and oxygen atoms in total. The number of hydrogen-bond acceptors (Lipinski definition) is 10. The molecule has 0 aliphatic heterocycles. The van der Waals surface area contributed by atoms with E-state index in [0.29, 0.717) is 13.1 Å². The zero-order chi connectivity index (χ0) is 24.0. The maximum Gasteiger partial charge on any atom is 0.339 e. The first-order chi connectivity index (χ1) is 15.0. The van der Waals surface area contributed by atoms with Crippen LogP contribution in [0.4, 0.5) is 0 Å². The Hall–Kier alpha value is -2.80. The molecular weight excluding hydrogens is 420 g/mol. The Labute approximate surface area is 186 Å². The Morgan fingerprint density at radius 2 is 1.19 bits per heavy atom. The lowest BCUT2D eigenvalue weighted by atomic mass is 10.2. The third-order valence-corrected chi connectivity index (χ3v) is 4.77. The van der Waals surface area contributed by atoms with Gasteiger partial charge in [0.1, 0.15) is 0 Å². The molecule has 0 aromatic carbocycles. The van der Waals surface area contributed by atoms with Gasteiger partial charge in [0.2, 0.25) is 0 Å². The molecule has 0 radical (unpaired) electrons. The molecule has 0 spiro atoms. The van der Waals surface area contributed by atoms with Crippen LogP contribution < -0.4 is 11.5 Å². The van der Waals surface area contributed by atoms with Gasteiger partial charge in [0.05, 0.1) is 11.4 Å². The van der Waals surface area contributed by atoms with E-state index in [1.54, 1.807) is 9.36 Å². The predicted octanol–water partition coefficient (Wildman–Crippen LogP) is -0.829. The molecule has 12 heteroatoms. The van der Waals surface area contributed by atoms with Gasteiger partial charge in [0, 0.05) is 37.3 Å². The molecule has 0 aliphatic rings. The normalized spacial score (nSPS) is 15.1. The number of carbonyl (C=O) groups excluding carboxylic acids is 2. The molecule has 0 amide bonds. The SMILES string of the molecule is Cc1cc(C)n(CCC(N)OC(=O)C(O)C(O)C(=O)OC(N)CCn2nc(C)cc2C)n1. The van der Waals surface area contributed by atoms with E-state index in [4.69, 9.17) is 20.9 Å². The number of ether oxygens (including phenoxy) is 2. The third-order valence-electron chi connectivity index (χ3n) is 4.77. The number of aliphatic hydroxyl groups is 2. The summed E-state index contributed by atoms with van der Waals surface area (Å²) >= 11 is 0. The van der Waals surface area contributed by atoms with E-state index in [-0.39, 0.29) is 12.8 Å². The van der Waals surface area contributed by atoms with Crippen LogP contribution in [0.1, 0.15) is 35.6 Å². The van der Waals surface area contributed by atoms with Crippen molar-refractivity contribution in [2.24, 2.45) is 11.5 Å². The smallest absolute Gasteiger partial charge is 0.339 e. The van der Waals surface area contributed by atoms with Crippen molar-refractivity contribution in [2.45, 2.75) is 78.3 Å². The summed E-state index contributed by atoms with van der Waals surface area (Å²) in [6, 6.07) is 3.79. The Kier molecular flexibility index (Phi) is 8.89. The summed E-state index contributed by atoms with van der Waals surface area (Å²) in [5, 5.41) is 28.4. The first-order valence-electron chi connectivity index (χ1n) is 10.3. The van der Waals surface area contributed by atoms with Gasteiger partial charge < -0.3 is 19.7 Å². The molecule has 0 bridgehead atoms. The molecule has 2 rings (SSSR count). The highest BCUT2D eigenvalue weighted by Gasteiger charge is 2.34. The number of carbonyl (C=O) groups is 2. The van der Waals surface area contributed by atoms with E-state index < -0.39 is 36.6 Å². The zero-order valence-electron chi connectivity index (χ0n) is 18.8. The molecule has 6 N–H and O–H groups in total. The Morgan fingerprint density at radius 1 is 0.844 bits per heavy atom. The van der Waals surface area contributed by atoms with Crippen molar-refractivity contribution < 1.29 is 29.3 Å². The van der Waals surface area contributed by atoms with E-state index in [1.165, 1.54) is 0 Å². The van der Waals surface area contributed by atoms with Gasteiger partial charge in [-0.25, -0.2) is 9.59 Å². The Morgan fingerprint density at radius 3 is 1.47 bits per heavy atom. The highest BCUT2D eigenvalue weighted by atomic mass is 16.6. The number of aliphatic hydroxyl groups excluding tert-OH is 2. The van der Waals surface area contributed by atoms with Gasteiger partial charge in [-0.1, -0.05) is 0 Å². The average Bonchev–Trinajstić information content (AvgIpc) is 3.22. The molecule has 4 atom stereocenters. The molecule has 0 saturated heterocycles. The number of aromatic nitrogens is 4. The molecule has 2 heterocycles. The molecule has 2 aromatic heterocycles. The summed E-state index contributed by atoms with van der Waals surface area (Å²) in [6.45, 7) is 8.24. The molecule has 0 fully saturated rings. The Bertz CT molecular complexity index is 852. The van der Waals surface area contributed by atoms with E-state index >= 15 is 0 Å². The summed E-state index contributed by atoms with van der Waals surface area (Å²) in [7, 11) is 0. The van der Waals surface area contributed by atoms with Crippen LogP contribution in [0, 0.1) is 27.7 Å². The summed E-state index contributed by atoms with van der Waals surface area (Å²) in [5.41, 5.74) is 15.1. The summed E-state index contributed by atoms with van der Waals surface area (Å²) < 4.78 is 13.2. The van der Waals surface area contributed by atoms with E-state index in [2.05, 4.69) is 10.2 Å². The molecule has 32 heavy (non-hydrogen) atoms. The van der Waals surface area contributed by atoms with Crippen molar-refractivity contribution in [3.8, 4) is 0 Å². The molecule has 2 aromatic rings. The van der Waals surface area contributed by atoms with Crippen molar-refractivity contribution in [1.82, 2.24) is 19.6 Å². The zero-order valence-corrected chi connectivity index (χ0v) is 18.8. The Balaban J connectivity index is 1.76. The van der Waals surface area contributed by atoms with Gasteiger partial charge in [-0.15, -0.1) is 0 Å². The van der Waals surface area contributed by atoms with E-state index in [0.717, 1.165) is 22.8 Å². The van der Waals surface area contributed by atoms with Crippen LogP contribution in [0.2, 0.25) is 0 Å². The molecule has 4 unspecified atom stereocenters. The third kappa shape index (κ3) is 7.12. The predicted molar refractivity (Wildman–Crippen MR) is 113 cm³/mol. The highest BCUT2D eigenvalue weighted by molar-refractivity contribution is 5.85. The fraction of sp³-hybridized carbons (Fsp3) is 0.600. The number of hydrogen-bond donors (Lipinski definition) is 4. The lowest BCUT2D eigenvalue weighted by Gasteiger charge is -2.20. The molecule has 0 aliphatic carbocycles. The summed E-state index contributed by atoms with van der Waals surface area (Å²) in [5.74, 6) is -2.49. The number of rotatable bonds is 11. The van der Waals surface area contributed by atoms with E-state index in [1.807, 2.05) is 39.8 Å². The second-order valence-electron chi connectivity index (χ2n) is 7.72. The summed E-state index contributed by atoms with van der Waals surface area (Å²) in [4.78, 5) is 24.1. The average molecular weight is 453 g/mol. The van der Waals surface area contributed by atoms with Gasteiger partial charge >= 0.3 is 11.9 Å². The lowest BCUT2D eigenvalue weighted by molar-refractivity contribution is -0.179. The van der Waals surface area contributed by atoms with Crippen molar-refractivity contribution in [2.75, 3.05) is 0 Å². The molecule has 178 valence electrons. The lowest BCUT2D eigenvalue weighted by Crippen LogP contribution is -2.45. The molecular formula is C20H32N6O6. The minimum Gasteiger partial charge on any atom is -0.445 e. The number of nitrogens with zero attached hydrogens (tertiary/aromatic N) is 4. The maximum absolute atomic E-state index is 12.0. The standard InChI is InChI=1S/C20H32N6O6/c1-11-9-13(3)25(23-11)7-5-15(21)31-19(29)17(27)18(28)20(30)32-16(22)6-8-26-14(4)10-12(2)24-26/h9-10,15-18,27-28H,5-8,21-22H2,1-4H3. The largest absolute Gasteiger partial charge is 0.445 e. The van der Waals surface area contributed by atoms with E-state index in [9.17, 15) is 19.8 Å². The van der Waals surface area contributed by atoms with Crippen LogP contribution in [0.3, 0.4) is 0 Å². The first kappa shape index (κ1) is 25.5. The quantitative estimate of drug-likeness (QED) is 0.248. The topological polar surface area (TPSA) is 181 Å². The first-order valence-corrected chi connectivity index (χ1v) is 10.3. The monoisotopic (exact) mass is 452 g/mol. The van der Waals surface area contributed by atoms with Crippen LogP contribution in [0.5, 0.6) is 0 Å². The van der Waals surface area contributed by atoms with Crippen LogP contribution in [0.15, 0.2) is 12.1 Å². The van der Waals surface area contributed by atoms with Crippen molar-refractivity contribution in [1.29, 1.82) is 0 Å². The van der Waals surface area contributed by atoms with Gasteiger partial charge in [0.15, 0.2) is 24.7 Å². The maximum atomic E-state index is 12.0. The minimum absolute atomic E-state index is 0.220. The van der Waals surface area contributed by atoms with Crippen LogP contribution >= 0.6 is 0 Å². The number of aryl methyl sites for hydroxylation is 6. The van der Waals surface area contributed by atoms with Crippen molar-refractivity contribution in [3.63, 3.8) is 0 Å². The van der Waals surface area contributed by atoms with Gasteiger partial charge in [0.25, 0.3) is 0 Å².